The summed E-state index contributed by atoms with van der Waals surface area (Å²) in [6, 6.07) is 5.90. The highest BCUT2D eigenvalue weighted by Gasteiger charge is 2.18. The summed E-state index contributed by atoms with van der Waals surface area (Å²) < 4.78 is 2.06. The quantitative estimate of drug-likeness (QED) is 0.829. The number of carboxylic acid groups (broad SMARTS) is 1. The second-order valence-electron chi connectivity index (χ2n) is 4.18. The van der Waals surface area contributed by atoms with Crippen molar-refractivity contribution >= 4 is 56.7 Å². The molecule has 1 aromatic carbocycles. The first-order valence-corrected chi connectivity index (χ1v) is 7.21. The van der Waals surface area contributed by atoms with Crippen molar-refractivity contribution in [1.29, 1.82) is 0 Å². The summed E-state index contributed by atoms with van der Waals surface area (Å²) in [4.78, 5) is 23.4. The first-order valence-electron chi connectivity index (χ1n) is 5.66. The van der Waals surface area contributed by atoms with Crippen molar-refractivity contribution in [3.8, 4) is 0 Å². The molecule has 0 saturated carbocycles. The summed E-state index contributed by atoms with van der Waals surface area (Å²) in [7, 11) is 1.59. The minimum atomic E-state index is -1.14. The molecule has 2 rings (SSSR count). The normalized spacial score (nSPS) is 10.5. The molecule has 0 radical (unpaired) electrons. The van der Waals surface area contributed by atoms with Crippen LogP contribution >= 0.6 is 39.1 Å². The van der Waals surface area contributed by atoms with Crippen LogP contribution in [0.25, 0.3) is 0 Å². The van der Waals surface area contributed by atoms with Gasteiger partial charge in [0.1, 0.15) is 10.8 Å². The van der Waals surface area contributed by atoms with Crippen LogP contribution in [0.1, 0.15) is 20.8 Å². The van der Waals surface area contributed by atoms with Crippen LogP contribution in [0.4, 0.5) is 5.69 Å². The van der Waals surface area contributed by atoms with Crippen molar-refractivity contribution in [2.75, 3.05) is 5.32 Å². The molecule has 0 aliphatic carbocycles. The third-order valence-electron chi connectivity index (χ3n) is 2.81. The van der Waals surface area contributed by atoms with Gasteiger partial charge < -0.3 is 15.0 Å². The summed E-state index contributed by atoms with van der Waals surface area (Å²) in [5.41, 5.74) is 0.384. The number of hydrogen-bond acceptors (Lipinski definition) is 2. The summed E-state index contributed by atoms with van der Waals surface area (Å²) in [6.45, 7) is 0. The summed E-state index contributed by atoms with van der Waals surface area (Å²) in [5.74, 6) is -1.65. The molecule has 5 nitrogen and oxygen atoms in total. The van der Waals surface area contributed by atoms with Gasteiger partial charge in [0, 0.05) is 11.5 Å². The lowest BCUT2D eigenvalue weighted by Gasteiger charge is -2.09. The molecule has 1 heterocycles. The van der Waals surface area contributed by atoms with E-state index in [-0.39, 0.29) is 27.1 Å². The largest absolute Gasteiger partial charge is 0.478 e. The zero-order chi connectivity index (χ0) is 15.7. The number of anilines is 1. The predicted octanol–water partition coefficient (Wildman–Crippen LogP) is 4.04. The molecule has 0 aliphatic heterocycles. The lowest BCUT2D eigenvalue weighted by Crippen LogP contribution is -2.17. The highest BCUT2D eigenvalue weighted by Crippen LogP contribution is 2.27. The van der Waals surface area contributed by atoms with Crippen molar-refractivity contribution in [3.05, 3.63) is 50.2 Å². The van der Waals surface area contributed by atoms with Gasteiger partial charge in [-0.25, -0.2) is 4.79 Å². The van der Waals surface area contributed by atoms with Gasteiger partial charge in [-0.3, -0.25) is 4.79 Å². The zero-order valence-corrected chi connectivity index (χ0v) is 13.8. The van der Waals surface area contributed by atoms with Gasteiger partial charge in [0.2, 0.25) is 0 Å². The molecule has 0 fully saturated rings. The van der Waals surface area contributed by atoms with Crippen LogP contribution in [-0.2, 0) is 7.05 Å². The second kappa shape index (κ2) is 6.09. The highest BCUT2D eigenvalue weighted by atomic mass is 79.9. The van der Waals surface area contributed by atoms with Crippen molar-refractivity contribution in [1.82, 2.24) is 4.57 Å². The van der Waals surface area contributed by atoms with Crippen LogP contribution < -0.4 is 5.32 Å². The van der Waals surface area contributed by atoms with E-state index in [1.165, 1.54) is 22.8 Å². The van der Waals surface area contributed by atoms with E-state index in [1.54, 1.807) is 13.1 Å². The Hall–Kier alpha value is -1.50. The molecule has 110 valence electrons. The Morgan fingerprint density at radius 3 is 2.48 bits per heavy atom. The lowest BCUT2D eigenvalue weighted by molar-refractivity contribution is 0.0698. The fraction of sp³-hybridized carbons (Fsp3) is 0.0769. The summed E-state index contributed by atoms with van der Waals surface area (Å²) >= 11 is 15.0. The molecule has 0 bridgehead atoms. The van der Waals surface area contributed by atoms with E-state index in [1.807, 2.05) is 0 Å². The van der Waals surface area contributed by atoms with Gasteiger partial charge in [-0.05, 0) is 24.3 Å². The monoisotopic (exact) mass is 390 g/mol. The first-order chi connectivity index (χ1) is 9.81. The summed E-state index contributed by atoms with van der Waals surface area (Å²) in [5, 5.41) is 12.1. The molecule has 0 saturated heterocycles. The molecule has 1 amide bonds. The third kappa shape index (κ3) is 3.23. The molecule has 1 aromatic heterocycles. The van der Waals surface area contributed by atoms with Crippen LogP contribution in [0, 0.1) is 0 Å². The molecule has 2 N–H and O–H groups in total. The van der Waals surface area contributed by atoms with Gasteiger partial charge in [0.15, 0.2) is 0 Å². The standard InChI is InChI=1S/C13H9BrCl2N2O3/c1-18-10(5-8(15)11(18)16)12(19)17-9-4-6(14)2-3-7(9)13(20)21/h2-5H,1H3,(H,17,19)(H,20,21). The number of aromatic carboxylic acids is 1. The van der Waals surface area contributed by atoms with E-state index in [0.717, 1.165) is 0 Å². The molecule has 2 aromatic rings. The van der Waals surface area contributed by atoms with Crippen molar-refractivity contribution in [2.45, 2.75) is 0 Å². The number of carboxylic acids is 1. The highest BCUT2D eigenvalue weighted by molar-refractivity contribution is 9.10. The van der Waals surface area contributed by atoms with Crippen LogP contribution in [0.5, 0.6) is 0 Å². The molecule has 0 unspecified atom stereocenters. The minimum Gasteiger partial charge on any atom is -0.478 e. The number of benzene rings is 1. The van der Waals surface area contributed by atoms with E-state index in [2.05, 4.69) is 21.2 Å². The molecule has 21 heavy (non-hydrogen) atoms. The van der Waals surface area contributed by atoms with Crippen LogP contribution in [0.15, 0.2) is 28.7 Å². The van der Waals surface area contributed by atoms with Gasteiger partial charge in [0.25, 0.3) is 5.91 Å². The van der Waals surface area contributed by atoms with Gasteiger partial charge in [0.05, 0.1) is 16.3 Å². The Balaban J connectivity index is 2.38. The van der Waals surface area contributed by atoms with Crippen molar-refractivity contribution < 1.29 is 14.7 Å². The van der Waals surface area contributed by atoms with Gasteiger partial charge in [-0.1, -0.05) is 39.1 Å². The topological polar surface area (TPSA) is 71.3 Å². The van der Waals surface area contributed by atoms with Gasteiger partial charge in [-0.15, -0.1) is 0 Å². The maximum atomic E-state index is 12.2. The molecule has 8 heteroatoms. The van der Waals surface area contributed by atoms with E-state index < -0.39 is 11.9 Å². The van der Waals surface area contributed by atoms with E-state index >= 15 is 0 Å². The van der Waals surface area contributed by atoms with Crippen LogP contribution in [0.2, 0.25) is 10.2 Å². The Bertz CT molecular complexity index is 743. The minimum absolute atomic E-state index is 0.0158. The maximum absolute atomic E-state index is 12.2. The lowest BCUT2D eigenvalue weighted by atomic mass is 10.2. The molecule has 0 spiro atoms. The van der Waals surface area contributed by atoms with Crippen LogP contribution in [-0.4, -0.2) is 21.6 Å². The number of nitrogens with one attached hydrogen (secondary N) is 1. The smallest absolute Gasteiger partial charge is 0.337 e. The van der Waals surface area contributed by atoms with E-state index in [9.17, 15) is 9.59 Å². The Kier molecular flexibility index (Phi) is 4.61. The number of nitrogens with zero attached hydrogens (tertiary/aromatic N) is 1. The molecule has 0 aliphatic rings. The predicted molar refractivity (Wildman–Crippen MR) is 84.5 cm³/mol. The zero-order valence-electron chi connectivity index (χ0n) is 10.7. The second-order valence-corrected chi connectivity index (χ2v) is 5.86. The fourth-order valence-electron chi connectivity index (χ4n) is 1.75. The van der Waals surface area contributed by atoms with Crippen LogP contribution in [0.3, 0.4) is 0 Å². The number of hydrogen-bond donors (Lipinski definition) is 2. The number of carbonyl (C=O) groups is 2. The van der Waals surface area contributed by atoms with E-state index in [0.29, 0.717) is 4.47 Å². The molecular weight excluding hydrogens is 383 g/mol. The third-order valence-corrected chi connectivity index (χ3v) is 4.14. The molecular formula is C13H9BrCl2N2O3. The first kappa shape index (κ1) is 15.9. The fourth-order valence-corrected chi connectivity index (χ4v) is 2.49. The maximum Gasteiger partial charge on any atom is 0.337 e. The Morgan fingerprint density at radius 2 is 1.95 bits per heavy atom. The van der Waals surface area contributed by atoms with Crippen molar-refractivity contribution in [2.24, 2.45) is 7.05 Å². The number of amides is 1. The van der Waals surface area contributed by atoms with E-state index in [4.69, 9.17) is 28.3 Å². The number of carbonyl (C=O) groups excluding carboxylic acids is 1. The molecule has 0 atom stereocenters. The van der Waals surface area contributed by atoms with Gasteiger partial charge >= 0.3 is 5.97 Å². The average Bonchev–Trinajstić information content (AvgIpc) is 2.66. The van der Waals surface area contributed by atoms with Gasteiger partial charge in [-0.2, -0.15) is 0 Å². The number of aromatic nitrogens is 1. The number of halogens is 3. The van der Waals surface area contributed by atoms with Crippen molar-refractivity contribution in [3.63, 3.8) is 0 Å². The number of rotatable bonds is 3. The average molecular weight is 392 g/mol. The SMILES string of the molecule is Cn1c(C(=O)Nc2cc(Br)ccc2C(=O)O)cc(Cl)c1Cl. The Labute approximate surface area is 138 Å². The summed E-state index contributed by atoms with van der Waals surface area (Å²) in [6.07, 6.45) is 0. The Morgan fingerprint density at radius 1 is 1.29 bits per heavy atom.